The third kappa shape index (κ3) is 4.54. The number of carbonyl (C=O) groups excluding carboxylic acids is 1. The Labute approximate surface area is 213 Å². The minimum atomic E-state index is -0.272. The van der Waals surface area contributed by atoms with Gasteiger partial charge in [-0.15, -0.1) is 11.5 Å². The van der Waals surface area contributed by atoms with Crippen LogP contribution in [-0.4, -0.2) is 51.7 Å². The van der Waals surface area contributed by atoms with Crippen LogP contribution < -0.4 is 19.5 Å². The molecule has 0 fully saturated rings. The Kier molecular flexibility index (Phi) is 6.43. The Bertz CT molecular complexity index is 1520. The largest absolute Gasteiger partial charge is 0.497 e. The van der Waals surface area contributed by atoms with Gasteiger partial charge >= 0.3 is 0 Å². The molecule has 1 aliphatic heterocycles. The van der Waals surface area contributed by atoms with Gasteiger partial charge in [-0.25, -0.2) is 4.98 Å². The summed E-state index contributed by atoms with van der Waals surface area (Å²) in [6, 6.07) is 13.0. The molecule has 0 radical (unpaired) electrons. The van der Waals surface area contributed by atoms with Crippen LogP contribution in [0.25, 0.3) is 17.2 Å². The number of rotatable bonds is 7. The van der Waals surface area contributed by atoms with Crippen molar-refractivity contribution in [3.05, 3.63) is 65.5 Å². The number of aryl methyl sites for hydroxylation is 1. The summed E-state index contributed by atoms with van der Waals surface area (Å²) < 4.78 is 17.9. The van der Waals surface area contributed by atoms with Crippen LogP contribution in [-0.2, 0) is 4.79 Å². The first-order valence-electron chi connectivity index (χ1n) is 11.5. The molecule has 1 aliphatic rings. The number of amides is 1. The van der Waals surface area contributed by atoms with Crippen LogP contribution in [0.5, 0.6) is 17.2 Å². The molecule has 186 valence electrons. The zero-order valence-corrected chi connectivity index (χ0v) is 20.6. The van der Waals surface area contributed by atoms with E-state index in [-0.39, 0.29) is 30.8 Å². The maximum absolute atomic E-state index is 12.8. The van der Waals surface area contributed by atoms with E-state index < -0.39 is 0 Å². The van der Waals surface area contributed by atoms with Crippen molar-refractivity contribution in [3.63, 3.8) is 0 Å². The van der Waals surface area contributed by atoms with Gasteiger partial charge in [-0.2, -0.15) is 14.9 Å². The van der Waals surface area contributed by atoms with Crippen molar-refractivity contribution >= 4 is 11.7 Å². The molecular weight excluding hydrogens is 472 g/mol. The molecule has 10 nitrogen and oxygen atoms in total. The molecule has 37 heavy (non-hydrogen) atoms. The van der Waals surface area contributed by atoms with E-state index in [0.717, 1.165) is 22.4 Å². The van der Waals surface area contributed by atoms with Gasteiger partial charge < -0.3 is 19.5 Å². The highest BCUT2D eigenvalue weighted by Crippen LogP contribution is 2.42. The van der Waals surface area contributed by atoms with Gasteiger partial charge in [-0.05, 0) is 36.8 Å². The first-order valence-corrected chi connectivity index (χ1v) is 11.5. The molecule has 1 amide bonds. The molecule has 5 rings (SSSR count). The highest BCUT2D eigenvalue weighted by atomic mass is 16.5. The van der Waals surface area contributed by atoms with Crippen molar-refractivity contribution in [1.29, 1.82) is 0 Å². The lowest BCUT2D eigenvalue weighted by Gasteiger charge is -2.25. The minimum Gasteiger partial charge on any atom is -0.497 e. The average molecular weight is 497 g/mol. The monoisotopic (exact) mass is 496 g/mol. The summed E-state index contributed by atoms with van der Waals surface area (Å²) in [6.07, 6.45) is 7.17. The normalized spacial score (nSPS) is 14.3. The second kappa shape index (κ2) is 9.99. The Balaban J connectivity index is 1.57. The number of benzene rings is 2. The predicted molar refractivity (Wildman–Crippen MR) is 136 cm³/mol. The van der Waals surface area contributed by atoms with E-state index >= 15 is 0 Å². The number of hydrogen-bond donors (Lipinski definition) is 1. The molecule has 0 saturated heterocycles. The summed E-state index contributed by atoms with van der Waals surface area (Å²) >= 11 is 0. The number of terminal acetylenes is 1. The van der Waals surface area contributed by atoms with Crippen molar-refractivity contribution < 1.29 is 19.0 Å². The predicted octanol–water partition coefficient (Wildman–Crippen LogP) is 3.54. The highest BCUT2D eigenvalue weighted by Gasteiger charge is 2.34. The molecule has 4 aromatic rings. The van der Waals surface area contributed by atoms with Crippen LogP contribution in [0.3, 0.4) is 0 Å². The number of carbonyl (C=O) groups is 1. The Morgan fingerprint density at radius 3 is 2.81 bits per heavy atom. The van der Waals surface area contributed by atoms with Gasteiger partial charge in [-0.3, -0.25) is 4.79 Å². The van der Waals surface area contributed by atoms with E-state index in [1.807, 2.05) is 43.3 Å². The van der Waals surface area contributed by atoms with E-state index in [1.54, 1.807) is 26.5 Å². The van der Waals surface area contributed by atoms with E-state index in [9.17, 15) is 4.79 Å². The van der Waals surface area contributed by atoms with Crippen molar-refractivity contribution in [2.24, 2.45) is 0 Å². The van der Waals surface area contributed by atoms with Crippen molar-refractivity contribution in [2.75, 3.05) is 26.1 Å². The summed E-state index contributed by atoms with van der Waals surface area (Å²) in [5.74, 6) is 4.54. The molecule has 0 saturated carbocycles. The summed E-state index contributed by atoms with van der Waals surface area (Å²) in [6.45, 7) is 1.99. The molecule has 3 heterocycles. The van der Waals surface area contributed by atoms with Gasteiger partial charge in [0.25, 0.3) is 5.95 Å². The number of ether oxygens (including phenoxy) is 3. The molecule has 1 atom stereocenters. The zero-order valence-electron chi connectivity index (χ0n) is 20.6. The molecule has 10 heteroatoms. The van der Waals surface area contributed by atoms with Gasteiger partial charge in [0.2, 0.25) is 5.91 Å². The summed E-state index contributed by atoms with van der Waals surface area (Å²) in [5, 5.41) is 16.0. The number of nitrogens with zero attached hydrogens (tertiary/aromatic N) is 5. The Morgan fingerprint density at radius 2 is 2.03 bits per heavy atom. The number of aromatic nitrogens is 5. The average Bonchev–Trinajstić information content (AvgIpc) is 3.27. The Morgan fingerprint density at radius 1 is 1.16 bits per heavy atom. The molecule has 1 N–H and O–H groups in total. The topological polar surface area (TPSA) is 113 Å². The first kappa shape index (κ1) is 23.8. The lowest BCUT2D eigenvalue weighted by atomic mass is 9.85. The fraction of sp³-hybridized carbons (Fsp3) is 0.222. The van der Waals surface area contributed by atoms with E-state index in [2.05, 4.69) is 31.5 Å². The molecule has 2 aromatic carbocycles. The van der Waals surface area contributed by atoms with E-state index in [4.69, 9.17) is 20.6 Å². The lowest BCUT2D eigenvalue weighted by Crippen LogP contribution is -2.25. The summed E-state index contributed by atoms with van der Waals surface area (Å²) in [7, 11) is 3.17. The van der Waals surface area contributed by atoms with E-state index in [0.29, 0.717) is 28.8 Å². The number of anilines is 1. The molecule has 0 spiro atoms. The highest BCUT2D eigenvalue weighted by molar-refractivity contribution is 5.95. The van der Waals surface area contributed by atoms with Gasteiger partial charge in [0.1, 0.15) is 18.2 Å². The SMILES string of the molecule is C#CCOc1cc(C2CC(=O)Nc3c2c(C)nn3-c2nncc(-c3cccc(OC)c3)n2)ccc1OC. The molecule has 0 aliphatic carbocycles. The van der Waals surface area contributed by atoms with Gasteiger partial charge in [-0.1, -0.05) is 24.1 Å². The van der Waals surface area contributed by atoms with Crippen LogP contribution in [0.2, 0.25) is 0 Å². The standard InChI is InChI=1S/C27H24N6O4/c1-5-11-37-23-13-17(9-10-22(23)36-4)20-14-24(34)30-26-25(20)16(2)32-33(26)27-29-21(15-28-31-27)18-7-6-8-19(12-18)35-3/h1,6-10,12-13,15,20H,11,14H2,2-4H3,(H,30,34). The van der Waals surface area contributed by atoms with Crippen LogP contribution in [0, 0.1) is 19.3 Å². The fourth-order valence-electron chi connectivity index (χ4n) is 4.42. The fourth-order valence-corrected chi connectivity index (χ4v) is 4.42. The number of nitrogens with one attached hydrogen (secondary N) is 1. The van der Waals surface area contributed by atoms with Crippen molar-refractivity contribution in [1.82, 2.24) is 25.0 Å². The lowest BCUT2D eigenvalue weighted by molar-refractivity contribution is -0.116. The maximum Gasteiger partial charge on any atom is 0.272 e. The third-order valence-electron chi connectivity index (χ3n) is 6.11. The second-order valence-corrected chi connectivity index (χ2v) is 8.34. The summed E-state index contributed by atoms with van der Waals surface area (Å²) in [5.41, 5.74) is 3.87. The first-order chi connectivity index (χ1) is 18.0. The Hall–Kier alpha value is -4.91. The molecule has 2 aromatic heterocycles. The second-order valence-electron chi connectivity index (χ2n) is 8.34. The maximum atomic E-state index is 12.8. The smallest absolute Gasteiger partial charge is 0.272 e. The third-order valence-corrected chi connectivity index (χ3v) is 6.11. The van der Waals surface area contributed by atoms with E-state index in [1.165, 1.54) is 4.68 Å². The van der Waals surface area contributed by atoms with Crippen LogP contribution in [0.15, 0.2) is 48.7 Å². The van der Waals surface area contributed by atoms with Crippen LogP contribution in [0.4, 0.5) is 5.82 Å². The number of fused-ring (bicyclic) bond motifs is 1. The summed E-state index contributed by atoms with van der Waals surface area (Å²) in [4.78, 5) is 17.5. The zero-order chi connectivity index (χ0) is 25.9. The van der Waals surface area contributed by atoms with Gasteiger partial charge in [0.15, 0.2) is 11.5 Å². The minimum absolute atomic E-state index is 0.0984. The van der Waals surface area contributed by atoms with Crippen molar-refractivity contribution in [3.8, 4) is 46.8 Å². The quantitative estimate of drug-likeness (QED) is 0.387. The molecular formula is C27H24N6O4. The number of hydrogen-bond acceptors (Lipinski definition) is 8. The van der Waals surface area contributed by atoms with Gasteiger partial charge in [0.05, 0.1) is 31.8 Å². The molecule has 1 unspecified atom stereocenters. The molecule has 0 bridgehead atoms. The van der Waals surface area contributed by atoms with Crippen LogP contribution >= 0.6 is 0 Å². The van der Waals surface area contributed by atoms with Crippen LogP contribution in [0.1, 0.15) is 29.2 Å². The van der Waals surface area contributed by atoms with Gasteiger partial charge in [0, 0.05) is 23.5 Å². The van der Waals surface area contributed by atoms with Crippen molar-refractivity contribution in [2.45, 2.75) is 19.3 Å². The number of methoxy groups -OCH3 is 2.